The van der Waals surface area contributed by atoms with Crippen LogP contribution in [-0.2, 0) is 11.3 Å². The van der Waals surface area contributed by atoms with E-state index in [1.54, 1.807) is 12.1 Å². The van der Waals surface area contributed by atoms with Gasteiger partial charge in [0.2, 0.25) is 5.91 Å². The minimum atomic E-state index is -2.81. The number of benzene rings is 1. The standard InChI is InChI=1S/C19H26F2N2O2/c20-19(21)25-17-6-2-1-5-15(17)13-23-11-3-4-14(12-23)7-10-18(24)22-16-8-9-16/h1-2,5-6,14,16,19H,3-4,7-13H2,(H,22,24)/t14-/m0/s1. The number of hydrogen-bond donors (Lipinski definition) is 1. The Bertz CT molecular complexity index is 578. The van der Waals surface area contributed by atoms with Crippen molar-refractivity contribution >= 4 is 5.91 Å². The maximum atomic E-state index is 12.5. The van der Waals surface area contributed by atoms with Gasteiger partial charge >= 0.3 is 6.61 Å². The second-order valence-electron chi connectivity index (χ2n) is 7.11. The number of ether oxygens (including phenoxy) is 1. The number of likely N-dealkylation sites (tertiary alicyclic amines) is 1. The van der Waals surface area contributed by atoms with Crippen molar-refractivity contribution in [3.63, 3.8) is 0 Å². The van der Waals surface area contributed by atoms with E-state index in [0.29, 0.717) is 24.9 Å². The molecule has 1 aliphatic carbocycles. The molecule has 1 atom stereocenters. The Hall–Kier alpha value is -1.69. The van der Waals surface area contributed by atoms with Gasteiger partial charge in [-0.1, -0.05) is 18.2 Å². The van der Waals surface area contributed by atoms with Gasteiger partial charge in [-0.2, -0.15) is 8.78 Å². The van der Waals surface area contributed by atoms with Crippen molar-refractivity contribution in [1.29, 1.82) is 0 Å². The van der Waals surface area contributed by atoms with Crippen molar-refractivity contribution in [1.82, 2.24) is 10.2 Å². The van der Waals surface area contributed by atoms with Gasteiger partial charge in [0.15, 0.2) is 0 Å². The van der Waals surface area contributed by atoms with Crippen molar-refractivity contribution in [3.8, 4) is 5.75 Å². The number of piperidine rings is 1. The first-order valence-electron chi connectivity index (χ1n) is 9.14. The van der Waals surface area contributed by atoms with Gasteiger partial charge < -0.3 is 10.1 Å². The van der Waals surface area contributed by atoms with E-state index in [4.69, 9.17) is 0 Å². The fourth-order valence-electron chi connectivity index (χ4n) is 3.48. The lowest BCUT2D eigenvalue weighted by Crippen LogP contribution is -2.35. The van der Waals surface area contributed by atoms with Crippen LogP contribution >= 0.6 is 0 Å². The molecule has 2 fully saturated rings. The van der Waals surface area contributed by atoms with Crippen LogP contribution in [0.25, 0.3) is 0 Å². The highest BCUT2D eigenvalue weighted by atomic mass is 19.3. The molecule has 1 N–H and O–H groups in total. The van der Waals surface area contributed by atoms with Crippen LogP contribution in [0.3, 0.4) is 0 Å². The monoisotopic (exact) mass is 352 g/mol. The lowest BCUT2D eigenvalue weighted by Gasteiger charge is -2.33. The Balaban J connectivity index is 1.48. The minimum Gasteiger partial charge on any atom is -0.434 e. The molecular weight excluding hydrogens is 326 g/mol. The van der Waals surface area contributed by atoms with E-state index < -0.39 is 6.61 Å². The fourth-order valence-corrected chi connectivity index (χ4v) is 3.48. The number of nitrogens with zero attached hydrogens (tertiary/aromatic N) is 1. The van der Waals surface area contributed by atoms with Gasteiger partial charge in [-0.25, -0.2) is 0 Å². The molecule has 0 unspecified atom stereocenters. The van der Waals surface area contributed by atoms with Crippen molar-refractivity contribution in [2.75, 3.05) is 13.1 Å². The summed E-state index contributed by atoms with van der Waals surface area (Å²) in [5, 5.41) is 3.03. The van der Waals surface area contributed by atoms with Crippen LogP contribution in [0, 0.1) is 5.92 Å². The molecule has 0 spiro atoms. The third kappa shape index (κ3) is 5.96. The Labute approximate surface area is 147 Å². The topological polar surface area (TPSA) is 41.6 Å². The maximum Gasteiger partial charge on any atom is 0.387 e. The molecule has 1 aromatic carbocycles. The number of hydrogen-bond acceptors (Lipinski definition) is 3. The summed E-state index contributed by atoms with van der Waals surface area (Å²) in [4.78, 5) is 14.1. The highest BCUT2D eigenvalue weighted by Gasteiger charge is 2.25. The van der Waals surface area contributed by atoms with Crippen LogP contribution in [-0.4, -0.2) is 36.5 Å². The van der Waals surface area contributed by atoms with Crippen LogP contribution < -0.4 is 10.1 Å². The highest BCUT2D eigenvalue weighted by Crippen LogP contribution is 2.26. The number of nitrogens with one attached hydrogen (secondary N) is 1. The Morgan fingerprint density at radius 3 is 2.84 bits per heavy atom. The van der Waals surface area contributed by atoms with Crippen molar-refractivity contribution in [3.05, 3.63) is 29.8 Å². The minimum absolute atomic E-state index is 0.162. The molecule has 1 saturated carbocycles. The number of rotatable bonds is 8. The van der Waals surface area contributed by atoms with Gasteiger partial charge in [0.05, 0.1) is 0 Å². The number of carbonyl (C=O) groups is 1. The summed E-state index contributed by atoms with van der Waals surface area (Å²) in [5.41, 5.74) is 0.787. The summed E-state index contributed by atoms with van der Waals surface area (Å²) in [6.07, 6.45) is 5.91. The van der Waals surface area contributed by atoms with E-state index in [2.05, 4.69) is 15.0 Å². The number of para-hydroxylation sites is 1. The molecule has 2 aliphatic rings. The third-order valence-electron chi connectivity index (χ3n) is 4.91. The van der Waals surface area contributed by atoms with E-state index in [-0.39, 0.29) is 11.7 Å². The van der Waals surface area contributed by atoms with Crippen molar-refractivity contribution in [2.45, 2.75) is 57.7 Å². The summed E-state index contributed by atoms with van der Waals surface area (Å²) >= 11 is 0. The molecular formula is C19H26F2N2O2. The molecule has 4 nitrogen and oxygen atoms in total. The first kappa shape index (κ1) is 18.1. The number of carbonyl (C=O) groups excluding carboxylic acids is 1. The summed E-state index contributed by atoms with van der Waals surface area (Å²) in [6, 6.07) is 7.40. The third-order valence-corrected chi connectivity index (χ3v) is 4.91. The van der Waals surface area contributed by atoms with Gasteiger partial charge in [0, 0.05) is 31.1 Å². The first-order valence-corrected chi connectivity index (χ1v) is 9.14. The van der Waals surface area contributed by atoms with Gasteiger partial charge in [-0.15, -0.1) is 0 Å². The summed E-state index contributed by atoms with van der Waals surface area (Å²) in [6.45, 7) is -0.346. The molecule has 138 valence electrons. The van der Waals surface area contributed by atoms with Gasteiger partial charge in [-0.3, -0.25) is 9.69 Å². The van der Waals surface area contributed by atoms with Crippen LogP contribution in [0.2, 0.25) is 0 Å². The number of alkyl halides is 2. The molecule has 25 heavy (non-hydrogen) atoms. The molecule has 6 heteroatoms. The Morgan fingerprint density at radius 1 is 1.28 bits per heavy atom. The van der Waals surface area contributed by atoms with E-state index >= 15 is 0 Å². The van der Waals surface area contributed by atoms with Crippen molar-refractivity contribution in [2.24, 2.45) is 5.92 Å². The average molecular weight is 352 g/mol. The number of halogens is 2. The Morgan fingerprint density at radius 2 is 2.08 bits per heavy atom. The molecule has 0 bridgehead atoms. The van der Waals surface area contributed by atoms with E-state index in [0.717, 1.165) is 50.8 Å². The predicted molar refractivity (Wildman–Crippen MR) is 91.5 cm³/mol. The largest absolute Gasteiger partial charge is 0.434 e. The predicted octanol–water partition coefficient (Wildman–Crippen LogP) is 3.56. The van der Waals surface area contributed by atoms with E-state index in [9.17, 15) is 13.6 Å². The summed E-state index contributed by atoms with van der Waals surface area (Å²) in [7, 11) is 0. The van der Waals surface area contributed by atoms with Crippen LogP contribution in [0.5, 0.6) is 5.75 Å². The zero-order chi connectivity index (χ0) is 17.6. The average Bonchev–Trinajstić information content (AvgIpc) is 3.39. The molecule has 1 saturated heterocycles. The second kappa shape index (κ2) is 8.61. The van der Waals surface area contributed by atoms with Crippen LogP contribution in [0.4, 0.5) is 8.78 Å². The van der Waals surface area contributed by atoms with Gasteiger partial charge in [0.25, 0.3) is 0 Å². The molecule has 0 aromatic heterocycles. The van der Waals surface area contributed by atoms with Gasteiger partial charge in [0.1, 0.15) is 5.75 Å². The first-order chi connectivity index (χ1) is 12.1. The van der Waals surface area contributed by atoms with Crippen molar-refractivity contribution < 1.29 is 18.3 Å². The molecule has 1 aromatic rings. The zero-order valence-electron chi connectivity index (χ0n) is 14.4. The van der Waals surface area contributed by atoms with Gasteiger partial charge in [-0.05, 0) is 50.6 Å². The van der Waals surface area contributed by atoms with E-state index in [1.807, 2.05) is 12.1 Å². The normalized spacial score (nSPS) is 21.3. The SMILES string of the molecule is O=C(CC[C@@H]1CCCN(Cc2ccccc2OC(F)F)C1)NC1CC1. The molecule has 3 rings (SSSR count). The molecule has 0 radical (unpaired) electrons. The molecule has 1 amide bonds. The lowest BCUT2D eigenvalue weighted by atomic mass is 9.93. The number of amides is 1. The molecule has 1 aliphatic heterocycles. The smallest absolute Gasteiger partial charge is 0.387 e. The fraction of sp³-hybridized carbons (Fsp3) is 0.632. The summed E-state index contributed by atoms with van der Waals surface area (Å²) in [5.74, 6) is 0.903. The summed E-state index contributed by atoms with van der Waals surface area (Å²) < 4.78 is 29.7. The van der Waals surface area contributed by atoms with Crippen LogP contribution in [0.1, 0.15) is 44.1 Å². The second-order valence-corrected chi connectivity index (χ2v) is 7.11. The lowest BCUT2D eigenvalue weighted by molar-refractivity contribution is -0.121. The van der Waals surface area contributed by atoms with E-state index in [1.165, 1.54) is 0 Å². The Kier molecular flexibility index (Phi) is 6.24. The molecule has 1 heterocycles. The quantitative estimate of drug-likeness (QED) is 0.778. The van der Waals surface area contributed by atoms with Crippen LogP contribution in [0.15, 0.2) is 24.3 Å². The maximum absolute atomic E-state index is 12.5. The zero-order valence-corrected chi connectivity index (χ0v) is 14.4. The highest BCUT2D eigenvalue weighted by molar-refractivity contribution is 5.76.